The van der Waals surface area contributed by atoms with E-state index in [1.807, 2.05) is 6.92 Å². The lowest BCUT2D eigenvalue weighted by Gasteiger charge is -2.39. The maximum Gasteiger partial charge on any atom is 0.335 e. The Hall–Kier alpha value is -1.66. The molecule has 2 atom stereocenters. The molecule has 21 heavy (non-hydrogen) atoms. The molecule has 1 aliphatic rings. The first-order valence-electron chi connectivity index (χ1n) is 6.54. The number of carbonyl (C=O) groups excluding carboxylic acids is 1. The first-order chi connectivity index (χ1) is 9.95. The molecule has 114 valence electrons. The van der Waals surface area contributed by atoms with Gasteiger partial charge in [-0.25, -0.2) is 9.18 Å². The molecule has 0 saturated carbocycles. The minimum absolute atomic E-state index is 0.0595. The lowest BCUT2D eigenvalue weighted by Crippen LogP contribution is -2.52. The smallest absolute Gasteiger partial charge is 0.335 e. The molecule has 1 aromatic rings. The van der Waals surface area contributed by atoms with E-state index in [0.29, 0.717) is 18.5 Å². The Balaban J connectivity index is 2.45. The number of halogens is 2. The summed E-state index contributed by atoms with van der Waals surface area (Å²) in [5.41, 5.74) is 0.353. The summed E-state index contributed by atoms with van der Waals surface area (Å²) in [4.78, 5) is 24.8. The van der Waals surface area contributed by atoms with E-state index in [1.165, 1.54) is 17.0 Å². The van der Waals surface area contributed by atoms with Crippen molar-refractivity contribution in [2.45, 2.75) is 25.5 Å². The zero-order valence-corrected chi connectivity index (χ0v) is 12.1. The molecule has 0 bridgehead atoms. The van der Waals surface area contributed by atoms with Crippen molar-refractivity contribution in [2.75, 3.05) is 13.2 Å². The Bertz CT molecular complexity index is 566. The van der Waals surface area contributed by atoms with E-state index in [0.717, 1.165) is 6.07 Å². The van der Waals surface area contributed by atoms with E-state index in [1.54, 1.807) is 0 Å². The van der Waals surface area contributed by atoms with Crippen LogP contribution in [0, 0.1) is 5.82 Å². The summed E-state index contributed by atoms with van der Waals surface area (Å²) in [5.74, 6) is -2.16. The molecule has 1 fully saturated rings. The SMILES string of the molecule is CCCN1C(=O)COC(C(=O)O)C1c1ccc(Cl)c(F)c1. The van der Waals surface area contributed by atoms with Crippen molar-refractivity contribution >= 4 is 23.5 Å². The van der Waals surface area contributed by atoms with Crippen molar-refractivity contribution in [3.8, 4) is 0 Å². The number of aliphatic carboxylic acids is 1. The molecule has 0 spiro atoms. The van der Waals surface area contributed by atoms with Gasteiger partial charge < -0.3 is 14.7 Å². The van der Waals surface area contributed by atoms with Crippen LogP contribution in [0.25, 0.3) is 0 Å². The number of carbonyl (C=O) groups is 2. The lowest BCUT2D eigenvalue weighted by atomic mass is 9.97. The van der Waals surface area contributed by atoms with Gasteiger partial charge in [0.25, 0.3) is 0 Å². The summed E-state index contributed by atoms with van der Waals surface area (Å²) in [6.45, 7) is 1.96. The number of carboxylic acids is 1. The maximum atomic E-state index is 13.6. The second-order valence-electron chi connectivity index (χ2n) is 4.78. The summed E-state index contributed by atoms with van der Waals surface area (Å²) in [6, 6.07) is 3.13. The van der Waals surface area contributed by atoms with Gasteiger partial charge in [0.15, 0.2) is 6.10 Å². The zero-order valence-electron chi connectivity index (χ0n) is 11.4. The van der Waals surface area contributed by atoms with Crippen molar-refractivity contribution < 1.29 is 23.8 Å². The molecule has 1 N–H and O–H groups in total. The second-order valence-corrected chi connectivity index (χ2v) is 5.18. The number of morpholine rings is 1. The third kappa shape index (κ3) is 3.16. The largest absolute Gasteiger partial charge is 0.479 e. The van der Waals surface area contributed by atoms with Crippen LogP contribution < -0.4 is 0 Å². The Kier molecular flexibility index (Phi) is 4.80. The fraction of sp³-hybridized carbons (Fsp3) is 0.429. The predicted molar refractivity (Wildman–Crippen MR) is 73.5 cm³/mol. The van der Waals surface area contributed by atoms with Crippen LogP contribution >= 0.6 is 11.6 Å². The Morgan fingerprint density at radius 3 is 2.86 bits per heavy atom. The van der Waals surface area contributed by atoms with Crippen LogP contribution in [0.5, 0.6) is 0 Å². The minimum Gasteiger partial charge on any atom is -0.479 e. The molecular weight excluding hydrogens is 301 g/mol. The summed E-state index contributed by atoms with van der Waals surface area (Å²) in [5, 5.41) is 9.22. The van der Waals surface area contributed by atoms with Gasteiger partial charge in [-0.15, -0.1) is 0 Å². The van der Waals surface area contributed by atoms with Gasteiger partial charge in [0.1, 0.15) is 12.4 Å². The molecule has 1 saturated heterocycles. The van der Waals surface area contributed by atoms with Crippen molar-refractivity contribution in [2.24, 2.45) is 0 Å². The lowest BCUT2D eigenvalue weighted by molar-refractivity contribution is -0.173. The Morgan fingerprint density at radius 2 is 2.29 bits per heavy atom. The van der Waals surface area contributed by atoms with Crippen LogP contribution in [0.2, 0.25) is 5.02 Å². The van der Waals surface area contributed by atoms with E-state index >= 15 is 0 Å². The number of hydrogen-bond acceptors (Lipinski definition) is 3. The molecule has 1 heterocycles. The van der Waals surface area contributed by atoms with Crippen molar-refractivity contribution in [3.63, 3.8) is 0 Å². The third-order valence-electron chi connectivity index (χ3n) is 3.32. The molecule has 0 radical (unpaired) electrons. The van der Waals surface area contributed by atoms with E-state index in [9.17, 15) is 19.1 Å². The van der Waals surface area contributed by atoms with E-state index in [2.05, 4.69) is 0 Å². The molecule has 1 aromatic carbocycles. The number of amides is 1. The molecule has 1 aliphatic heterocycles. The van der Waals surface area contributed by atoms with E-state index in [-0.39, 0.29) is 17.5 Å². The van der Waals surface area contributed by atoms with E-state index < -0.39 is 23.9 Å². The second kappa shape index (κ2) is 6.41. The fourth-order valence-corrected chi connectivity index (χ4v) is 2.53. The normalized spacial score (nSPS) is 22.4. The average molecular weight is 316 g/mol. The Labute approximate surface area is 126 Å². The predicted octanol–water partition coefficient (Wildman–Crippen LogP) is 2.24. The van der Waals surface area contributed by atoms with E-state index in [4.69, 9.17) is 16.3 Å². The highest BCUT2D eigenvalue weighted by Crippen LogP contribution is 2.32. The van der Waals surface area contributed by atoms with Crippen molar-refractivity contribution in [3.05, 3.63) is 34.6 Å². The summed E-state index contributed by atoms with van der Waals surface area (Å²) >= 11 is 5.64. The molecule has 2 unspecified atom stereocenters. The van der Waals surface area contributed by atoms with Gasteiger partial charge in [0, 0.05) is 6.54 Å². The highest BCUT2D eigenvalue weighted by atomic mass is 35.5. The molecule has 1 amide bonds. The van der Waals surface area contributed by atoms with Gasteiger partial charge in [-0.1, -0.05) is 24.6 Å². The van der Waals surface area contributed by atoms with Crippen LogP contribution in [-0.4, -0.2) is 41.1 Å². The zero-order chi connectivity index (χ0) is 15.6. The third-order valence-corrected chi connectivity index (χ3v) is 3.63. The first-order valence-corrected chi connectivity index (χ1v) is 6.92. The number of hydrogen-bond donors (Lipinski definition) is 1. The molecule has 0 aliphatic carbocycles. The van der Waals surface area contributed by atoms with Crippen molar-refractivity contribution in [1.29, 1.82) is 0 Å². The molecule has 5 nitrogen and oxygen atoms in total. The number of rotatable bonds is 4. The van der Waals surface area contributed by atoms with Crippen molar-refractivity contribution in [1.82, 2.24) is 4.90 Å². The van der Waals surface area contributed by atoms with Gasteiger partial charge in [-0.2, -0.15) is 0 Å². The monoisotopic (exact) mass is 315 g/mol. The maximum absolute atomic E-state index is 13.6. The van der Waals surface area contributed by atoms with Gasteiger partial charge in [-0.3, -0.25) is 4.79 Å². The molecular formula is C14H15ClFNO4. The molecule has 0 aromatic heterocycles. The number of carboxylic acid groups (broad SMARTS) is 1. The average Bonchev–Trinajstić information content (AvgIpc) is 2.44. The summed E-state index contributed by atoms with van der Waals surface area (Å²) < 4.78 is 18.8. The van der Waals surface area contributed by atoms with Gasteiger partial charge >= 0.3 is 5.97 Å². The Morgan fingerprint density at radius 1 is 1.57 bits per heavy atom. The molecule has 2 rings (SSSR count). The standard InChI is InChI=1S/C14H15ClFNO4/c1-2-5-17-11(18)7-21-13(14(19)20)12(17)8-3-4-9(15)10(16)6-8/h3-4,6,12-13H,2,5,7H2,1H3,(H,19,20). The van der Waals surface area contributed by atoms with Gasteiger partial charge in [0.2, 0.25) is 5.91 Å². The number of benzene rings is 1. The van der Waals surface area contributed by atoms with Crippen LogP contribution in [0.3, 0.4) is 0 Å². The van der Waals surface area contributed by atoms with Crippen LogP contribution in [-0.2, 0) is 14.3 Å². The topological polar surface area (TPSA) is 66.8 Å². The van der Waals surface area contributed by atoms with Gasteiger partial charge in [-0.05, 0) is 24.1 Å². The van der Waals surface area contributed by atoms with Crippen LogP contribution in [0.4, 0.5) is 4.39 Å². The fourth-order valence-electron chi connectivity index (χ4n) is 2.42. The number of nitrogens with zero attached hydrogens (tertiary/aromatic N) is 1. The first kappa shape index (κ1) is 15.7. The summed E-state index contributed by atoms with van der Waals surface area (Å²) in [7, 11) is 0. The number of ether oxygens (including phenoxy) is 1. The molecule has 7 heteroatoms. The van der Waals surface area contributed by atoms with Crippen LogP contribution in [0.1, 0.15) is 24.9 Å². The highest BCUT2D eigenvalue weighted by Gasteiger charge is 2.41. The van der Waals surface area contributed by atoms with Crippen LogP contribution in [0.15, 0.2) is 18.2 Å². The van der Waals surface area contributed by atoms with Gasteiger partial charge in [0.05, 0.1) is 11.1 Å². The highest BCUT2D eigenvalue weighted by molar-refractivity contribution is 6.30. The summed E-state index contributed by atoms with van der Waals surface area (Å²) in [6.07, 6.45) is -0.570. The quantitative estimate of drug-likeness (QED) is 0.925. The minimum atomic E-state index is -1.23.